The molecule has 0 radical (unpaired) electrons. The molecule has 23 heavy (non-hydrogen) atoms. The van der Waals surface area contributed by atoms with Gasteiger partial charge in [-0.3, -0.25) is 14.4 Å². The fourth-order valence-electron chi connectivity index (χ4n) is 1.71. The van der Waals surface area contributed by atoms with Crippen LogP contribution in [0.3, 0.4) is 0 Å². The second-order valence-corrected chi connectivity index (χ2v) is 8.12. The molecular weight excluding hydrogens is 641 g/mol. The zero-order valence-electron chi connectivity index (χ0n) is 12.6. The van der Waals surface area contributed by atoms with Gasteiger partial charge in [0.25, 0.3) is 5.91 Å². The van der Waals surface area contributed by atoms with Gasteiger partial charge in [-0.1, -0.05) is 6.92 Å². The molecule has 0 fully saturated rings. The summed E-state index contributed by atoms with van der Waals surface area (Å²) in [7, 11) is 1.31. The summed E-state index contributed by atoms with van der Waals surface area (Å²) in [6, 6.07) is 1.83. The lowest BCUT2D eigenvalue weighted by Gasteiger charge is -2.16. The highest BCUT2D eigenvalue weighted by molar-refractivity contribution is 14.1. The predicted molar refractivity (Wildman–Crippen MR) is 112 cm³/mol. The van der Waals surface area contributed by atoms with Crippen molar-refractivity contribution in [2.75, 3.05) is 19.0 Å². The Morgan fingerprint density at radius 3 is 2.35 bits per heavy atom. The lowest BCUT2D eigenvalue weighted by atomic mass is 10.1. The number of carbonyl (C=O) groups excluding carboxylic acids is 3. The normalized spacial score (nSPS) is 11.6. The molecule has 0 spiro atoms. The van der Waals surface area contributed by atoms with Crippen molar-refractivity contribution in [2.24, 2.45) is 5.92 Å². The van der Waals surface area contributed by atoms with E-state index >= 15 is 0 Å². The smallest absolute Gasteiger partial charge is 0.310 e. The number of methoxy groups -OCH3 is 1. The zero-order chi connectivity index (χ0) is 17.7. The van der Waals surface area contributed by atoms with E-state index in [2.05, 4.69) is 60.6 Å². The van der Waals surface area contributed by atoms with Gasteiger partial charge < -0.3 is 15.4 Å². The molecule has 0 aromatic heterocycles. The van der Waals surface area contributed by atoms with E-state index in [-0.39, 0.29) is 24.3 Å². The highest BCUT2D eigenvalue weighted by Crippen LogP contribution is 2.31. The predicted octanol–water partition coefficient (Wildman–Crippen LogP) is 3.00. The molecule has 1 aromatic rings. The molecule has 0 aliphatic carbocycles. The number of rotatable bonds is 5. The van der Waals surface area contributed by atoms with Crippen molar-refractivity contribution in [1.82, 2.24) is 5.32 Å². The van der Waals surface area contributed by atoms with Gasteiger partial charge in [0.2, 0.25) is 5.91 Å². The van der Waals surface area contributed by atoms with Gasteiger partial charge in [-0.15, -0.1) is 0 Å². The minimum Gasteiger partial charge on any atom is -0.469 e. The SMILES string of the molecule is COC(=O)C(C)CNC(=O)c1c(I)cc(I)c(NC(C)=O)c1I. The number of benzene rings is 1. The molecule has 1 rings (SSSR count). The summed E-state index contributed by atoms with van der Waals surface area (Å²) in [5.74, 6) is -1.31. The van der Waals surface area contributed by atoms with E-state index < -0.39 is 5.92 Å². The van der Waals surface area contributed by atoms with Crippen LogP contribution in [0.25, 0.3) is 0 Å². The van der Waals surface area contributed by atoms with Crippen molar-refractivity contribution >= 4 is 91.2 Å². The minimum atomic E-state index is -0.432. The molecule has 0 aliphatic rings. The van der Waals surface area contributed by atoms with Gasteiger partial charge in [0, 0.05) is 20.6 Å². The molecule has 1 aromatic carbocycles. The summed E-state index contributed by atoms with van der Waals surface area (Å²) in [6.45, 7) is 3.28. The largest absolute Gasteiger partial charge is 0.469 e. The third-order valence-electron chi connectivity index (χ3n) is 2.87. The van der Waals surface area contributed by atoms with Crippen LogP contribution in [0.4, 0.5) is 5.69 Å². The fraction of sp³-hybridized carbons (Fsp3) is 0.357. The van der Waals surface area contributed by atoms with Crippen molar-refractivity contribution in [3.05, 3.63) is 22.3 Å². The number of anilines is 1. The maximum Gasteiger partial charge on any atom is 0.310 e. The van der Waals surface area contributed by atoms with Crippen molar-refractivity contribution in [3.63, 3.8) is 0 Å². The number of esters is 1. The van der Waals surface area contributed by atoms with E-state index in [0.717, 1.165) is 7.14 Å². The van der Waals surface area contributed by atoms with Gasteiger partial charge in [0.05, 0.1) is 27.8 Å². The van der Waals surface area contributed by atoms with Crippen LogP contribution in [-0.4, -0.2) is 31.4 Å². The Morgan fingerprint density at radius 1 is 1.22 bits per heavy atom. The third kappa shape index (κ3) is 5.69. The van der Waals surface area contributed by atoms with Gasteiger partial charge >= 0.3 is 5.97 Å². The molecule has 2 amide bonds. The molecule has 9 heteroatoms. The number of carbonyl (C=O) groups is 3. The van der Waals surface area contributed by atoms with Crippen LogP contribution in [0.2, 0.25) is 0 Å². The van der Waals surface area contributed by atoms with Crippen LogP contribution in [-0.2, 0) is 14.3 Å². The van der Waals surface area contributed by atoms with Gasteiger partial charge in [0.15, 0.2) is 0 Å². The molecule has 0 aliphatic heterocycles. The third-order valence-corrected chi connectivity index (χ3v) is 5.65. The first-order chi connectivity index (χ1) is 10.7. The Labute approximate surface area is 175 Å². The highest BCUT2D eigenvalue weighted by atomic mass is 127. The second kappa shape index (κ2) is 9.34. The summed E-state index contributed by atoms with van der Waals surface area (Å²) < 4.78 is 6.92. The van der Waals surface area contributed by atoms with E-state index in [1.165, 1.54) is 14.0 Å². The lowest BCUT2D eigenvalue weighted by molar-refractivity contribution is -0.144. The van der Waals surface area contributed by atoms with Crippen LogP contribution in [0.5, 0.6) is 0 Å². The Balaban J connectivity index is 3.05. The number of amides is 2. The Hall–Kier alpha value is -0.180. The molecule has 0 bridgehead atoms. The fourth-order valence-corrected chi connectivity index (χ4v) is 5.84. The molecule has 1 atom stereocenters. The number of nitrogens with one attached hydrogen (secondary N) is 2. The first-order valence-electron chi connectivity index (χ1n) is 6.50. The van der Waals surface area contributed by atoms with Gasteiger partial charge in [-0.25, -0.2) is 0 Å². The molecule has 6 nitrogen and oxygen atoms in total. The summed E-state index contributed by atoms with van der Waals surface area (Å²) in [5.41, 5.74) is 1.10. The van der Waals surface area contributed by atoms with E-state index in [0.29, 0.717) is 14.8 Å². The molecule has 2 N–H and O–H groups in total. The van der Waals surface area contributed by atoms with Crippen LogP contribution in [0.1, 0.15) is 24.2 Å². The number of ether oxygens (including phenoxy) is 1. The first-order valence-corrected chi connectivity index (χ1v) is 9.73. The van der Waals surface area contributed by atoms with Crippen molar-refractivity contribution in [1.29, 1.82) is 0 Å². The van der Waals surface area contributed by atoms with Crippen molar-refractivity contribution in [2.45, 2.75) is 13.8 Å². The summed E-state index contributed by atoms with van der Waals surface area (Å²) >= 11 is 6.24. The molecule has 0 saturated heterocycles. The average molecular weight is 656 g/mol. The van der Waals surface area contributed by atoms with Crippen LogP contribution >= 0.6 is 67.8 Å². The summed E-state index contributed by atoms with van der Waals surface area (Å²) in [6.07, 6.45) is 0. The number of hydrogen-bond donors (Lipinski definition) is 2. The topological polar surface area (TPSA) is 84.5 Å². The van der Waals surface area contributed by atoms with Gasteiger partial charge in [-0.2, -0.15) is 0 Å². The van der Waals surface area contributed by atoms with E-state index in [9.17, 15) is 14.4 Å². The molecule has 126 valence electrons. The van der Waals surface area contributed by atoms with Crippen LogP contribution in [0.15, 0.2) is 6.07 Å². The molecule has 1 unspecified atom stereocenters. The summed E-state index contributed by atoms with van der Waals surface area (Å²) in [4.78, 5) is 35.2. The van der Waals surface area contributed by atoms with Crippen LogP contribution < -0.4 is 10.6 Å². The molecule has 0 saturated carbocycles. The maximum absolute atomic E-state index is 12.5. The second-order valence-electron chi connectivity index (χ2n) is 4.72. The lowest BCUT2D eigenvalue weighted by Crippen LogP contribution is -2.33. The van der Waals surface area contributed by atoms with Gasteiger partial charge in [-0.05, 0) is 73.8 Å². The highest BCUT2D eigenvalue weighted by Gasteiger charge is 2.22. The number of halogens is 3. The summed E-state index contributed by atoms with van der Waals surface area (Å²) in [5, 5.41) is 5.48. The van der Waals surface area contributed by atoms with E-state index in [1.54, 1.807) is 6.92 Å². The Bertz CT molecular complexity index is 649. The Morgan fingerprint density at radius 2 is 1.83 bits per heavy atom. The minimum absolute atomic E-state index is 0.180. The van der Waals surface area contributed by atoms with Crippen molar-refractivity contribution in [3.8, 4) is 0 Å². The monoisotopic (exact) mass is 656 g/mol. The quantitative estimate of drug-likeness (QED) is 0.378. The molecular formula is C14H15I3N2O4. The average Bonchev–Trinajstić information content (AvgIpc) is 2.47. The first kappa shape index (κ1) is 20.9. The Kier molecular flexibility index (Phi) is 8.47. The van der Waals surface area contributed by atoms with Crippen LogP contribution in [0, 0.1) is 16.6 Å². The van der Waals surface area contributed by atoms with Crippen molar-refractivity contribution < 1.29 is 19.1 Å². The van der Waals surface area contributed by atoms with E-state index in [1.807, 2.05) is 28.7 Å². The zero-order valence-corrected chi connectivity index (χ0v) is 19.1. The van der Waals surface area contributed by atoms with E-state index in [4.69, 9.17) is 0 Å². The maximum atomic E-state index is 12.5. The standard InChI is InChI=1S/C14H15I3N2O4/c1-6(14(22)23-3)5-18-13(21)10-8(15)4-9(16)12(11(10)17)19-7(2)20/h4,6H,5H2,1-3H3,(H,18,21)(H,19,20). The number of hydrogen-bond acceptors (Lipinski definition) is 4. The molecule has 0 heterocycles. The van der Waals surface area contributed by atoms with Gasteiger partial charge in [0.1, 0.15) is 0 Å².